The van der Waals surface area contributed by atoms with Gasteiger partial charge in [0.05, 0.1) is 27.8 Å². The zero-order valence-corrected chi connectivity index (χ0v) is 51.4. The summed E-state index contributed by atoms with van der Waals surface area (Å²) in [5.74, 6) is 0. The van der Waals surface area contributed by atoms with E-state index in [1.165, 1.54) is 23.1 Å². The molecule has 3 nitrogen and oxygen atoms in total. The van der Waals surface area contributed by atoms with Gasteiger partial charge < -0.3 is 14.4 Å². The Balaban J connectivity index is 0.932. The quantitative estimate of drug-likeness (QED) is 0.0999. The van der Waals surface area contributed by atoms with E-state index in [-0.39, 0.29) is 17.8 Å². The molecule has 0 N–H and O–H groups in total. The maximum atomic E-state index is 14.7. The number of benzene rings is 14. The maximum absolute atomic E-state index is 14.7. The number of nitrogens with zero attached hydrogens (tertiary/aromatic N) is 3. The highest BCUT2D eigenvalue weighted by atomic mass is 19.4. The van der Waals surface area contributed by atoms with Crippen molar-refractivity contribution in [1.29, 1.82) is 0 Å². The van der Waals surface area contributed by atoms with Gasteiger partial charge >= 0.3 is 12.4 Å². The molecule has 17 rings (SSSR count). The molecule has 0 amide bonds. The molecular formula is C86H54BF6N3. The number of rotatable bonds is 10. The highest BCUT2D eigenvalue weighted by molar-refractivity contribution is 7.00. The van der Waals surface area contributed by atoms with E-state index in [4.69, 9.17) is 0 Å². The van der Waals surface area contributed by atoms with E-state index in [9.17, 15) is 26.3 Å². The molecule has 1 aromatic heterocycles. The molecule has 0 spiro atoms. The Morgan fingerprint density at radius 2 is 0.625 bits per heavy atom. The van der Waals surface area contributed by atoms with Crippen LogP contribution < -0.4 is 26.2 Å². The van der Waals surface area contributed by atoms with E-state index >= 15 is 0 Å². The summed E-state index contributed by atoms with van der Waals surface area (Å²) in [6.07, 6.45) is -9.28. The van der Waals surface area contributed by atoms with Crippen LogP contribution in [0.25, 0.3) is 105 Å². The van der Waals surface area contributed by atoms with Crippen molar-refractivity contribution in [3.8, 4) is 83.6 Å². The number of aromatic nitrogens is 1. The smallest absolute Gasteiger partial charge is 0.311 e. The highest BCUT2D eigenvalue weighted by Gasteiger charge is 2.44. The minimum atomic E-state index is -4.66. The molecule has 2 aliphatic rings. The van der Waals surface area contributed by atoms with Gasteiger partial charge in [-0.05, 0) is 204 Å². The van der Waals surface area contributed by atoms with Gasteiger partial charge in [0.25, 0.3) is 6.71 Å². The van der Waals surface area contributed by atoms with E-state index in [0.717, 1.165) is 141 Å². The lowest BCUT2D eigenvalue weighted by Gasteiger charge is -2.44. The monoisotopic (exact) mass is 1250 g/mol. The normalized spacial score (nSPS) is 12.6. The van der Waals surface area contributed by atoms with Gasteiger partial charge in [0, 0.05) is 50.5 Å². The van der Waals surface area contributed by atoms with Gasteiger partial charge in [0.1, 0.15) is 0 Å². The molecule has 0 unspecified atom stereocenters. The Morgan fingerprint density at radius 1 is 0.240 bits per heavy atom. The number of hydrogen-bond donors (Lipinski definition) is 0. The first-order valence-electron chi connectivity index (χ1n) is 31.9. The van der Waals surface area contributed by atoms with Crippen molar-refractivity contribution in [2.45, 2.75) is 12.4 Å². The minimum Gasteiger partial charge on any atom is -0.311 e. The third kappa shape index (κ3) is 10.1. The van der Waals surface area contributed by atoms with Crippen LogP contribution in [0.1, 0.15) is 11.1 Å². The third-order valence-electron chi connectivity index (χ3n) is 18.9. The van der Waals surface area contributed by atoms with E-state index in [1.807, 2.05) is 42.5 Å². The van der Waals surface area contributed by atoms with E-state index in [1.54, 1.807) is 30.3 Å². The Hall–Kier alpha value is -11.9. The van der Waals surface area contributed by atoms with Crippen molar-refractivity contribution in [2.24, 2.45) is 0 Å². The van der Waals surface area contributed by atoms with Gasteiger partial charge in [0.15, 0.2) is 0 Å². The van der Waals surface area contributed by atoms with Crippen LogP contribution in [0.15, 0.2) is 328 Å². The molecule has 0 atom stereocenters. The number of hydrogen-bond acceptors (Lipinski definition) is 2. The molecule has 10 heteroatoms. The number of halogens is 6. The molecule has 96 heavy (non-hydrogen) atoms. The second-order valence-corrected chi connectivity index (χ2v) is 24.6. The van der Waals surface area contributed by atoms with Crippen molar-refractivity contribution in [2.75, 3.05) is 9.80 Å². The summed E-state index contributed by atoms with van der Waals surface area (Å²) in [4.78, 5) is 4.91. The zero-order valence-electron chi connectivity index (χ0n) is 51.4. The van der Waals surface area contributed by atoms with Crippen LogP contribution in [0.3, 0.4) is 0 Å². The van der Waals surface area contributed by atoms with E-state index in [0.29, 0.717) is 16.8 Å². The molecule has 0 fully saturated rings. The summed E-state index contributed by atoms with van der Waals surface area (Å²) in [7, 11) is 0. The van der Waals surface area contributed by atoms with Crippen LogP contribution in [-0.4, -0.2) is 11.3 Å². The number of anilines is 6. The van der Waals surface area contributed by atoms with Gasteiger partial charge in [-0.2, -0.15) is 26.3 Å². The topological polar surface area (TPSA) is 11.4 Å². The lowest BCUT2D eigenvalue weighted by atomic mass is 9.33. The number of para-hydroxylation sites is 3. The summed E-state index contributed by atoms with van der Waals surface area (Å²) in [6, 6.07) is 108. The minimum absolute atomic E-state index is 0.188. The van der Waals surface area contributed by atoms with E-state index in [2.05, 4.69) is 233 Å². The molecule has 15 aromatic rings. The summed E-state index contributed by atoms with van der Waals surface area (Å²) in [6.45, 7) is -0.188. The third-order valence-corrected chi connectivity index (χ3v) is 18.9. The first kappa shape index (κ1) is 58.0. The van der Waals surface area contributed by atoms with Crippen molar-refractivity contribution in [3.05, 3.63) is 339 Å². The fourth-order valence-electron chi connectivity index (χ4n) is 14.6. The fraction of sp³-hybridized carbons (Fsp3) is 0.0233. The average molecular weight is 1250 g/mol. The van der Waals surface area contributed by atoms with Crippen LogP contribution in [0, 0.1) is 0 Å². The predicted octanol–water partition coefficient (Wildman–Crippen LogP) is 22.6. The molecule has 14 aromatic carbocycles. The molecule has 458 valence electrons. The van der Waals surface area contributed by atoms with Crippen LogP contribution in [-0.2, 0) is 12.4 Å². The standard InChI is InChI=1S/C86H54BF6N3/c88-85(89,90)68-31-19-29-59(45-68)60-39-41-78(73(51-60)62-30-20-32-69(46-62)86(91,92)93)96-77-36-16-13-33-72(77)74-52-61(40-42-79(74)96)67-53-82-84-83(54-67)95(71-49-65(57-25-9-3-10-26-57)44-66(50-71)58-27-11-4-12-28-58)81-38-18-15-35-76(81)87(84)75-34-14-17-37-80(75)94(82)70-47-63(55-21-5-1-6-22-55)43-64(48-70)56-23-7-2-8-24-56/h1-54H. The Morgan fingerprint density at radius 3 is 1.12 bits per heavy atom. The number of alkyl halides is 6. The first-order valence-corrected chi connectivity index (χ1v) is 31.9. The highest BCUT2D eigenvalue weighted by Crippen LogP contribution is 2.50. The summed E-state index contributed by atoms with van der Waals surface area (Å²) in [5, 5.41) is 1.79. The molecule has 0 radical (unpaired) electrons. The summed E-state index contributed by atoms with van der Waals surface area (Å²) >= 11 is 0. The number of fused-ring (bicyclic) bond motifs is 7. The van der Waals surface area contributed by atoms with Crippen LogP contribution in [0.4, 0.5) is 60.5 Å². The molecule has 3 heterocycles. The predicted molar refractivity (Wildman–Crippen MR) is 383 cm³/mol. The second kappa shape index (κ2) is 23.0. The Bertz CT molecular complexity index is 5220. The van der Waals surface area contributed by atoms with Gasteiger partial charge in [-0.1, -0.05) is 212 Å². The van der Waals surface area contributed by atoms with Crippen molar-refractivity contribution in [1.82, 2.24) is 4.57 Å². The fourth-order valence-corrected chi connectivity index (χ4v) is 14.6. The van der Waals surface area contributed by atoms with Gasteiger partial charge in [-0.3, -0.25) is 0 Å². The molecule has 0 saturated carbocycles. The molecule has 2 aliphatic heterocycles. The van der Waals surface area contributed by atoms with Crippen molar-refractivity contribution >= 4 is 79.0 Å². The zero-order chi connectivity index (χ0) is 64.8. The average Bonchev–Trinajstić information content (AvgIpc) is 0.742. The van der Waals surface area contributed by atoms with Gasteiger partial charge in [-0.25, -0.2) is 0 Å². The largest absolute Gasteiger partial charge is 0.416 e. The van der Waals surface area contributed by atoms with Crippen LogP contribution >= 0.6 is 0 Å². The van der Waals surface area contributed by atoms with Gasteiger partial charge in [-0.15, -0.1) is 0 Å². The Labute approximate surface area is 551 Å². The molecule has 0 bridgehead atoms. The SMILES string of the molecule is FC(F)(F)c1cccc(-c2ccc(-n3c4ccccc4c4cc(-c5cc6c7c(c5)N(c5cc(-c8ccccc8)cc(-c8ccccc8)c5)c5ccccc5B7c5ccccc5N6c5cc(-c6ccccc6)cc(-c6ccccc6)c5)ccc43)c(-c3cccc(C(F)(F)F)c3)c2)c1. The Kier molecular flexibility index (Phi) is 13.9. The first-order chi connectivity index (χ1) is 46.9. The van der Waals surface area contributed by atoms with Crippen molar-refractivity contribution in [3.63, 3.8) is 0 Å². The second-order valence-electron chi connectivity index (χ2n) is 24.6. The van der Waals surface area contributed by atoms with E-state index < -0.39 is 23.5 Å². The van der Waals surface area contributed by atoms with Crippen LogP contribution in [0.2, 0.25) is 0 Å². The lowest BCUT2D eigenvalue weighted by molar-refractivity contribution is -0.138. The molecule has 0 saturated heterocycles. The maximum Gasteiger partial charge on any atom is 0.416 e. The molecular weight excluding hydrogens is 1200 g/mol. The van der Waals surface area contributed by atoms with Gasteiger partial charge in [0.2, 0.25) is 0 Å². The summed E-state index contributed by atoms with van der Waals surface area (Å²) < 4.78 is 88.8. The molecule has 0 aliphatic carbocycles. The lowest BCUT2D eigenvalue weighted by Crippen LogP contribution is -2.61. The summed E-state index contributed by atoms with van der Waals surface area (Å²) in [5.41, 5.74) is 21.8. The van der Waals surface area contributed by atoms with Crippen molar-refractivity contribution < 1.29 is 26.3 Å². The van der Waals surface area contributed by atoms with Crippen LogP contribution in [0.5, 0.6) is 0 Å².